The van der Waals surface area contributed by atoms with Gasteiger partial charge in [-0.1, -0.05) is 24.3 Å². The molecule has 2 atom stereocenters. The molecule has 0 aliphatic carbocycles. The molecular weight excluding hydrogens is 266 g/mol. The smallest absolute Gasteiger partial charge is 0.305 e. The Bertz CT molecular complexity index is 512. The van der Waals surface area contributed by atoms with Crippen LogP contribution >= 0.6 is 0 Å². The van der Waals surface area contributed by atoms with Crippen LogP contribution in [0.3, 0.4) is 0 Å². The normalized spacial score (nSPS) is 21.7. The molecule has 112 valence electrons. The van der Waals surface area contributed by atoms with E-state index in [4.69, 9.17) is 4.74 Å². The minimum atomic E-state index is -0.199. The number of piperidine rings is 1. The lowest BCUT2D eigenvalue weighted by molar-refractivity contribution is -0.142. The Morgan fingerprint density at radius 3 is 2.71 bits per heavy atom. The molecule has 1 fully saturated rings. The van der Waals surface area contributed by atoms with E-state index >= 15 is 0 Å². The first-order valence-corrected chi connectivity index (χ1v) is 7.19. The molecule has 1 amide bonds. The molecule has 0 spiro atoms. The highest BCUT2D eigenvalue weighted by atomic mass is 16.5. The number of amides is 1. The second-order valence-electron chi connectivity index (χ2n) is 5.35. The lowest BCUT2D eigenvalue weighted by Crippen LogP contribution is -2.43. The summed E-state index contributed by atoms with van der Waals surface area (Å²) in [4.78, 5) is 25.7. The molecule has 1 aliphatic heterocycles. The zero-order valence-corrected chi connectivity index (χ0v) is 12.3. The van der Waals surface area contributed by atoms with Crippen LogP contribution in [0.25, 0.3) is 0 Å². The molecule has 4 heteroatoms. The van der Waals surface area contributed by atoms with Crippen molar-refractivity contribution in [2.75, 3.05) is 20.2 Å². The molecule has 0 bridgehead atoms. The summed E-state index contributed by atoms with van der Waals surface area (Å²) in [6.45, 7) is 5.12. The Balaban J connectivity index is 2.02. The first-order valence-electron chi connectivity index (χ1n) is 7.19. The van der Waals surface area contributed by atoms with Crippen LogP contribution in [0.1, 0.15) is 23.2 Å². The molecule has 0 aromatic heterocycles. The fourth-order valence-corrected chi connectivity index (χ4v) is 2.80. The van der Waals surface area contributed by atoms with E-state index in [1.807, 2.05) is 41.3 Å². The van der Waals surface area contributed by atoms with Crippen LogP contribution in [0.15, 0.2) is 43.0 Å². The summed E-state index contributed by atoms with van der Waals surface area (Å²) in [7, 11) is 1.40. The van der Waals surface area contributed by atoms with Crippen molar-refractivity contribution in [1.29, 1.82) is 0 Å². The van der Waals surface area contributed by atoms with Gasteiger partial charge < -0.3 is 9.64 Å². The Labute approximate surface area is 125 Å². The Hall–Kier alpha value is -2.10. The first-order chi connectivity index (χ1) is 10.2. The largest absolute Gasteiger partial charge is 0.469 e. The highest BCUT2D eigenvalue weighted by Crippen LogP contribution is 2.28. The zero-order chi connectivity index (χ0) is 15.2. The molecule has 0 unspecified atom stereocenters. The van der Waals surface area contributed by atoms with E-state index in [1.54, 1.807) is 0 Å². The topological polar surface area (TPSA) is 46.6 Å². The van der Waals surface area contributed by atoms with Crippen molar-refractivity contribution in [2.24, 2.45) is 11.8 Å². The summed E-state index contributed by atoms with van der Waals surface area (Å²) in [5.74, 6) is 0.175. The second-order valence-corrected chi connectivity index (χ2v) is 5.35. The number of hydrogen-bond acceptors (Lipinski definition) is 3. The number of rotatable bonds is 4. The number of likely N-dealkylation sites (tertiary alicyclic amines) is 1. The van der Waals surface area contributed by atoms with Gasteiger partial charge in [-0.2, -0.15) is 0 Å². The number of hydrogen-bond donors (Lipinski definition) is 0. The monoisotopic (exact) mass is 287 g/mol. The number of carbonyl (C=O) groups is 2. The molecule has 1 aromatic carbocycles. The van der Waals surface area contributed by atoms with E-state index in [9.17, 15) is 9.59 Å². The van der Waals surface area contributed by atoms with Gasteiger partial charge in [0.15, 0.2) is 0 Å². The minimum absolute atomic E-state index is 0.0407. The summed E-state index contributed by atoms with van der Waals surface area (Å²) in [6, 6.07) is 9.27. The van der Waals surface area contributed by atoms with E-state index < -0.39 is 0 Å². The van der Waals surface area contributed by atoms with Gasteiger partial charge in [0.05, 0.1) is 7.11 Å². The zero-order valence-electron chi connectivity index (χ0n) is 12.3. The number of esters is 1. The number of methoxy groups -OCH3 is 1. The van der Waals surface area contributed by atoms with Crippen molar-refractivity contribution in [3.63, 3.8) is 0 Å². The molecule has 21 heavy (non-hydrogen) atoms. The Morgan fingerprint density at radius 1 is 1.38 bits per heavy atom. The quantitative estimate of drug-likeness (QED) is 0.631. The van der Waals surface area contributed by atoms with Crippen LogP contribution in [0, 0.1) is 11.8 Å². The van der Waals surface area contributed by atoms with Gasteiger partial charge in [-0.05, 0) is 30.4 Å². The van der Waals surface area contributed by atoms with Crippen molar-refractivity contribution >= 4 is 11.9 Å². The maximum atomic E-state index is 12.4. The molecule has 1 aromatic rings. The fraction of sp³-hybridized carbons (Fsp3) is 0.412. The molecule has 1 saturated heterocycles. The van der Waals surface area contributed by atoms with Crippen LogP contribution in [-0.4, -0.2) is 37.0 Å². The average Bonchev–Trinajstić information content (AvgIpc) is 2.55. The summed E-state index contributed by atoms with van der Waals surface area (Å²) < 4.78 is 4.74. The van der Waals surface area contributed by atoms with Crippen molar-refractivity contribution in [3.8, 4) is 0 Å². The van der Waals surface area contributed by atoms with Gasteiger partial charge in [0, 0.05) is 25.1 Å². The number of ether oxygens (including phenoxy) is 1. The summed E-state index contributed by atoms with van der Waals surface area (Å²) >= 11 is 0. The highest BCUT2D eigenvalue weighted by molar-refractivity contribution is 5.94. The number of benzene rings is 1. The summed E-state index contributed by atoms with van der Waals surface area (Å²) in [6.07, 6.45) is 3.03. The number of carbonyl (C=O) groups excluding carboxylic acids is 2. The van der Waals surface area contributed by atoms with Crippen LogP contribution in [0.4, 0.5) is 0 Å². The third-order valence-electron chi connectivity index (χ3n) is 4.07. The van der Waals surface area contributed by atoms with E-state index in [0.717, 1.165) is 6.42 Å². The van der Waals surface area contributed by atoms with Gasteiger partial charge in [-0.3, -0.25) is 9.59 Å². The third kappa shape index (κ3) is 3.72. The molecule has 1 aliphatic rings. The van der Waals surface area contributed by atoms with Crippen molar-refractivity contribution in [3.05, 3.63) is 48.6 Å². The number of nitrogens with zero attached hydrogens (tertiary/aromatic N) is 1. The summed E-state index contributed by atoms with van der Waals surface area (Å²) in [5, 5.41) is 0. The second kappa shape index (κ2) is 7.07. The highest BCUT2D eigenvalue weighted by Gasteiger charge is 2.31. The Morgan fingerprint density at radius 2 is 2.10 bits per heavy atom. The molecular formula is C17H21NO3. The maximum Gasteiger partial charge on any atom is 0.305 e. The van der Waals surface area contributed by atoms with Gasteiger partial charge >= 0.3 is 5.97 Å². The molecule has 4 nitrogen and oxygen atoms in total. The van der Waals surface area contributed by atoms with E-state index in [-0.39, 0.29) is 23.7 Å². The summed E-state index contributed by atoms with van der Waals surface area (Å²) in [5.41, 5.74) is 0.701. The minimum Gasteiger partial charge on any atom is -0.469 e. The molecule has 0 N–H and O–H groups in total. The SMILES string of the molecule is C=C[C@H]1CN(C(=O)c2ccccc2)CC[C@H]1CC(=O)OC. The molecule has 1 heterocycles. The third-order valence-corrected chi connectivity index (χ3v) is 4.07. The first kappa shape index (κ1) is 15.3. The maximum absolute atomic E-state index is 12.4. The average molecular weight is 287 g/mol. The standard InChI is InChI=1S/C17H21NO3/c1-3-13-12-18(10-9-15(13)11-16(19)21-2)17(20)14-7-5-4-6-8-14/h3-8,13,15H,1,9-12H2,2H3/t13-,15-/m0/s1. The van der Waals surface area contributed by atoms with Crippen molar-refractivity contribution < 1.29 is 14.3 Å². The predicted octanol–water partition coefficient (Wildman–Crippen LogP) is 2.51. The van der Waals surface area contributed by atoms with Gasteiger partial charge in [0.25, 0.3) is 5.91 Å². The molecule has 0 saturated carbocycles. The predicted molar refractivity (Wildman–Crippen MR) is 80.8 cm³/mol. The van der Waals surface area contributed by atoms with Gasteiger partial charge in [-0.25, -0.2) is 0 Å². The Kier molecular flexibility index (Phi) is 5.14. The van der Waals surface area contributed by atoms with Crippen LogP contribution in [-0.2, 0) is 9.53 Å². The van der Waals surface area contributed by atoms with Gasteiger partial charge in [0.2, 0.25) is 0 Å². The van der Waals surface area contributed by atoms with Crippen LogP contribution in [0.2, 0.25) is 0 Å². The lowest BCUT2D eigenvalue weighted by Gasteiger charge is -2.37. The fourth-order valence-electron chi connectivity index (χ4n) is 2.80. The van der Waals surface area contributed by atoms with Crippen LogP contribution < -0.4 is 0 Å². The lowest BCUT2D eigenvalue weighted by atomic mass is 9.83. The van der Waals surface area contributed by atoms with E-state index in [0.29, 0.717) is 25.1 Å². The molecule has 0 radical (unpaired) electrons. The van der Waals surface area contributed by atoms with Crippen molar-refractivity contribution in [1.82, 2.24) is 4.90 Å². The molecule has 2 rings (SSSR count). The van der Waals surface area contributed by atoms with Crippen LogP contribution in [0.5, 0.6) is 0 Å². The van der Waals surface area contributed by atoms with Gasteiger partial charge in [0.1, 0.15) is 0 Å². The van der Waals surface area contributed by atoms with Crippen molar-refractivity contribution in [2.45, 2.75) is 12.8 Å². The van der Waals surface area contributed by atoms with Gasteiger partial charge in [-0.15, -0.1) is 6.58 Å². The van der Waals surface area contributed by atoms with E-state index in [2.05, 4.69) is 6.58 Å². The van der Waals surface area contributed by atoms with E-state index in [1.165, 1.54) is 7.11 Å².